The Kier molecular flexibility index (Phi) is 5.40. The second-order valence-electron chi connectivity index (χ2n) is 6.48. The van der Waals surface area contributed by atoms with Crippen LogP contribution in [0.3, 0.4) is 0 Å². The van der Waals surface area contributed by atoms with Crippen molar-refractivity contribution in [1.82, 2.24) is 9.97 Å². The van der Waals surface area contributed by atoms with E-state index in [9.17, 15) is 10.1 Å². The van der Waals surface area contributed by atoms with E-state index in [2.05, 4.69) is 43.8 Å². The summed E-state index contributed by atoms with van der Waals surface area (Å²) >= 11 is 0. The van der Waals surface area contributed by atoms with E-state index in [1.54, 1.807) is 0 Å². The molecular weight excluding hydrogens is 290 g/mol. The van der Waals surface area contributed by atoms with E-state index >= 15 is 0 Å². The van der Waals surface area contributed by atoms with Crippen molar-refractivity contribution >= 4 is 14.0 Å². The van der Waals surface area contributed by atoms with Gasteiger partial charge in [0, 0.05) is 0 Å². The van der Waals surface area contributed by atoms with Crippen molar-refractivity contribution in [3.05, 3.63) is 22.5 Å². The molecule has 1 aromatic rings. The van der Waals surface area contributed by atoms with Gasteiger partial charge in [0.1, 0.15) is 18.5 Å². The molecule has 0 amide bonds. The third-order valence-electron chi connectivity index (χ3n) is 3.62. The summed E-state index contributed by atoms with van der Waals surface area (Å²) in [6, 6.07) is 0.118. The second kappa shape index (κ2) is 6.48. The molecule has 7 nitrogen and oxygen atoms in total. The molecule has 1 unspecified atom stereocenters. The van der Waals surface area contributed by atoms with Gasteiger partial charge in [-0.05, 0) is 25.1 Å². The quantitative estimate of drug-likeness (QED) is 0.455. The van der Waals surface area contributed by atoms with Crippen LogP contribution in [0.5, 0.6) is 6.01 Å². The Hall–Kier alpha value is -1.54. The van der Waals surface area contributed by atoms with E-state index in [1.165, 1.54) is 0 Å². The lowest BCUT2D eigenvalue weighted by Gasteiger charge is -2.36. The summed E-state index contributed by atoms with van der Waals surface area (Å²) in [6.07, 6.45) is 2.04. The number of hydrogen-bond acceptors (Lipinski definition) is 6. The number of nitro groups is 1. The van der Waals surface area contributed by atoms with Crippen LogP contribution in [0.15, 0.2) is 12.4 Å². The largest absolute Gasteiger partial charge is 0.458 e. The van der Waals surface area contributed by atoms with E-state index in [0.717, 1.165) is 12.4 Å². The Balaban J connectivity index is 2.54. The molecule has 0 bridgehead atoms. The van der Waals surface area contributed by atoms with Gasteiger partial charge in [0.2, 0.25) is 0 Å². The van der Waals surface area contributed by atoms with Crippen molar-refractivity contribution < 1.29 is 14.1 Å². The van der Waals surface area contributed by atoms with Crippen molar-refractivity contribution in [3.8, 4) is 6.01 Å². The molecule has 0 aliphatic carbocycles. The van der Waals surface area contributed by atoms with Crippen LogP contribution in [0.25, 0.3) is 0 Å². The maximum absolute atomic E-state index is 10.5. The van der Waals surface area contributed by atoms with Gasteiger partial charge >= 0.3 is 11.7 Å². The highest BCUT2D eigenvalue weighted by atomic mass is 28.4. The minimum atomic E-state index is -1.82. The molecule has 1 heterocycles. The monoisotopic (exact) mass is 313 g/mol. The fraction of sp³-hybridized carbons (Fsp3) is 0.692. The van der Waals surface area contributed by atoms with Crippen molar-refractivity contribution in [3.63, 3.8) is 0 Å². The van der Waals surface area contributed by atoms with Crippen LogP contribution in [0.1, 0.15) is 27.7 Å². The molecule has 1 aromatic heterocycles. The predicted octanol–water partition coefficient (Wildman–Crippen LogP) is 3.17. The first-order valence-corrected chi connectivity index (χ1v) is 9.71. The molecule has 0 spiro atoms. The first-order chi connectivity index (χ1) is 9.53. The van der Waals surface area contributed by atoms with Crippen molar-refractivity contribution in [2.24, 2.45) is 0 Å². The molecule has 21 heavy (non-hydrogen) atoms. The van der Waals surface area contributed by atoms with Gasteiger partial charge in [-0.1, -0.05) is 20.8 Å². The summed E-state index contributed by atoms with van der Waals surface area (Å²) in [4.78, 5) is 17.6. The molecular formula is C13H23N3O4Si. The van der Waals surface area contributed by atoms with Crippen molar-refractivity contribution in [2.45, 2.75) is 51.9 Å². The summed E-state index contributed by atoms with van der Waals surface area (Å²) < 4.78 is 11.5. The van der Waals surface area contributed by atoms with Gasteiger partial charge in [-0.15, -0.1) is 0 Å². The molecule has 118 valence electrons. The molecule has 0 N–H and O–H groups in total. The van der Waals surface area contributed by atoms with Gasteiger partial charge in [0.15, 0.2) is 8.32 Å². The first kappa shape index (κ1) is 17.5. The van der Waals surface area contributed by atoms with Crippen LogP contribution in [-0.4, -0.2) is 35.9 Å². The SMILES string of the molecule is CC(CO[Si](C)(C)C(C)(C)C)Oc1ncc([N+](=O)[O-])cn1. The Labute approximate surface area is 126 Å². The third-order valence-corrected chi connectivity index (χ3v) is 8.12. The number of nitrogens with zero attached hydrogens (tertiary/aromatic N) is 3. The fourth-order valence-electron chi connectivity index (χ4n) is 1.22. The highest BCUT2D eigenvalue weighted by molar-refractivity contribution is 6.74. The Morgan fingerprint density at radius 1 is 1.33 bits per heavy atom. The van der Waals surface area contributed by atoms with E-state index in [-0.39, 0.29) is 22.8 Å². The molecule has 0 radical (unpaired) electrons. The highest BCUT2D eigenvalue weighted by Crippen LogP contribution is 2.36. The van der Waals surface area contributed by atoms with E-state index in [0.29, 0.717) is 6.61 Å². The third kappa shape index (κ3) is 5.05. The normalized spacial score (nSPS) is 13.8. The Morgan fingerprint density at radius 2 is 1.86 bits per heavy atom. The smallest absolute Gasteiger partial charge is 0.317 e. The Bertz CT molecular complexity index is 485. The Morgan fingerprint density at radius 3 is 2.29 bits per heavy atom. The van der Waals surface area contributed by atoms with E-state index in [1.807, 2.05) is 6.92 Å². The molecule has 0 aliphatic rings. The lowest BCUT2D eigenvalue weighted by atomic mass is 10.2. The number of ether oxygens (including phenoxy) is 1. The molecule has 1 atom stereocenters. The molecule has 0 fully saturated rings. The summed E-state index contributed by atoms with van der Waals surface area (Å²) in [5.41, 5.74) is -0.160. The lowest BCUT2D eigenvalue weighted by Crippen LogP contribution is -2.43. The van der Waals surface area contributed by atoms with Crippen LogP contribution < -0.4 is 4.74 Å². The minimum Gasteiger partial charge on any atom is -0.458 e. The van der Waals surface area contributed by atoms with E-state index < -0.39 is 13.2 Å². The molecule has 0 aliphatic heterocycles. The zero-order chi connectivity index (χ0) is 16.3. The van der Waals surface area contributed by atoms with Gasteiger partial charge in [-0.25, -0.2) is 0 Å². The average molecular weight is 313 g/mol. The van der Waals surface area contributed by atoms with Crippen LogP contribution >= 0.6 is 0 Å². The number of hydrogen-bond donors (Lipinski definition) is 0. The predicted molar refractivity (Wildman–Crippen MR) is 81.9 cm³/mol. The van der Waals surface area contributed by atoms with Gasteiger partial charge in [0.25, 0.3) is 0 Å². The zero-order valence-corrected chi connectivity index (χ0v) is 14.4. The van der Waals surface area contributed by atoms with Gasteiger partial charge in [-0.2, -0.15) is 9.97 Å². The van der Waals surface area contributed by atoms with Gasteiger partial charge in [0.05, 0.1) is 11.5 Å². The fourth-order valence-corrected chi connectivity index (χ4v) is 2.31. The minimum absolute atomic E-state index is 0.118. The first-order valence-electron chi connectivity index (χ1n) is 6.80. The standard InChI is InChI=1S/C13H23N3O4Si/c1-10(9-19-21(5,6)13(2,3)4)20-12-14-7-11(8-15-12)16(17)18/h7-8,10H,9H2,1-6H3. The summed E-state index contributed by atoms with van der Waals surface area (Å²) in [5.74, 6) is 0. The molecule has 8 heteroatoms. The zero-order valence-electron chi connectivity index (χ0n) is 13.4. The van der Waals surface area contributed by atoms with Crippen LogP contribution in [0.2, 0.25) is 18.1 Å². The van der Waals surface area contributed by atoms with Crippen LogP contribution in [-0.2, 0) is 4.43 Å². The topological polar surface area (TPSA) is 87.4 Å². The van der Waals surface area contributed by atoms with E-state index in [4.69, 9.17) is 9.16 Å². The summed E-state index contributed by atoms with van der Waals surface area (Å²) in [7, 11) is -1.82. The number of aromatic nitrogens is 2. The maximum Gasteiger partial charge on any atom is 0.317 e. The lowest BCUT2D eigenvalue weighted by molar-refractivity contribution is -0.385. The van der Waals surface area contributed by atoms with Crippen molar-refractivity contribution in [1.29, 1.82) is 0 Å². The maximum atomic E-state index is 10.5. The summed E-state index contributed by atoms with van der Waals surface area (Å²) in [6.45, 7) is 13.2. The molecule has 1 rings (SSSR count). The summed E-state index contributed by atoms with van der Waals surface area (Å²) in [5, 5.41) is 10.6. The highest BCUT2D eigenvalue weighted by Gasteiger charge is 2.37. The molecule has 0 saturated heterocycles. The van der Waals surface area contributed by atoms with Crippen molar-refractivity contribution in [2.75, 3.05) is 6.61 Å². The van der Waals surface area contributed by atoms with Crippen LogP contribution in [0.4, 0.5) is 5.69 Å². The van der Waals surface area contributed by atoms with Gasteiger partial charge in [-0.3, -0.25) is 10.1 Å². The number of rotatable bonds is 6. The van der Waals surface area contributed by atoms with Crippen LogP contribution in [0, 0.1) is 10.1 Å². The molecule has 0 saturated carbocycles. The average Bonchev–Trinajstić information content (AvgIpc) is 2.36. The van der Waals surface area contributed by atoms with Gasteiger partial charge < -0.3 is 9.16 Å². The molecule has 0 aromatic carbocycles. The second-order valence-corrected chi connectivity index (χ2v) is 11.3.